The van der Waals surface area contributed by atoms with Gasteiger partial charge >= 0.3 is 5.97 Å². The van der Waals surface area contributed by atoms with E-state index in [0.717, 1.165) is 5.57 Å². The Morgan fingerprint density at radius 3 is 2.37 bits per heavy atom. The molecule has 4 aliphatic carbocycles. The number of ether oxygens (including phenoxy) is 1. The fraction of sp³-hybridized carbons (Fsp3) is 0.826. The maximum Gasteiger partial charge on any atom is 0.302 e. The van der Waals surface area contributed by atoms with Crippen LogP contribution < -0.4 is 0 Å². The van der Waals surface area contributed by atoms with Crippen LogP contribution in [-0.2, 0) is 14.3 Å². The van der Waals surface area contributed by atoms with Crippen LogP contribution in [0, 0.1) is 16.7 Å². The number of carbonyl (C=O) groups excluding carboxylic acids is 2. The van der Waals surface area contributed by atoms with Crippen LogP contribution in [0.1, 0.15) is 72.6 Å². The first-order chi connectivity index (χ1) is 13.8. The van der Waals surface area contributed by atoms with Crippen LogP contribution in [0.4, 0.5) is 0 Å². The summed E-state index contributed by atoms with van der Waals surface area (Å²) in [5.74, 6) is -1.49. The number of aliphatic hydroxyl groups excluding tert-OH is 1. The number of ketones is 1. The zero-order chi connectivity index (χ0) is 22.3. The highest BCUT2D eigenvalue weighted by atomic mass is 16.5. The molecule has 0 heterocycles. The molecule has 3 fully saturated rings. The van der Waals surface area contributed by atoms with Gasteiger partial charge in [0.2, 0.25) is 0 Å². The standard InChI is InChI=1S/C23H34O7/c1-13(24)21(27)9-10-23(29)20(21,4)18(30-14(2)25)12-17-19(3)7-6-16(26)11-15(19)5-8-22(17,23)28/h5,16-18,26-29H,6-12H2,1-4H3/t16-,17+,18+,19-,20+,21+,22-,23+/m0/s1. The Morgan fingerprint density at radius 1 is 1.10 bits per heavy atom. The van der Waals surface area contributed by atoms with Gasteiger partial charge < -0.3 is 25.2 Å². The summed E-state index contributed by atoms with van der Waals surface area (Å²) in [7, 11) is 0. The molecular weight excluding hydrogens is 388 g/mol. The van der Waals surface area contributed by atoms with E-state index in [1.807, 2.05) is 13.0 Å². The third-order valence-corrected chi connectivity index (χ3v) is 9.46. The van der Waals surface area contributed by atoms with Crippen molar-refractivity contribution in [1.82, 2.24) is 0 Å². The molecule has 8 atom stereocenters. The van der Waals surface area contributed by atoms with Crippen LogP contribution in [0.25, 0.3) is 0 Å². The van der Waals surface area contributed by atoms with E-state index >= 15 is 0 Å². The molecule has 0 saturated heterocycles. The molecule has 0 aromatic rings. The highest BCUT2D eigenvalue weighted by Crippen LogP contribution is 2.70. The molecule has 0 spiro atoms. The maximum absolute atomic E-state index is 12.6. The van der Waals surface area contributed by atoms with E-state index in [9.17, 15) is 30.0 Å². The molecule has 0 unspecified atom stereocenters. The average Bonchev–Trinajstić information content (AvgIpc) is 2.88. The molecule has 168 valence electrons. The predicted octanol–water partition coefficient (Wildman–Crippen LogP) is 1.40. The number of hydrogen-bond acceptors (Lipinski definition) is 7. The summed E-state index contributed by atoms with van der Waals surface area (Å²) in [5.41, 5.74) is -6.26. The summed E-state index contributed by atoms with van der Waals surface area (Å²) in [6.07, 6.45) is 2.76. The van der Waals surface area contributed by atoms with Gasteiger partial charge in [-0.25, -0.2) is 0 Å². The molecule has 0 aromatic carbocycles. The van der Waals surface area contributed by atoms with Gasteiger partial charge in [0.05, 0.1) is 11.5 Å². The lowest BCUT2D eigenvalue weighted by atomic mass is 9.42. The Hall–Kier alpha value is -1.28. The van der Waals surface area contributed by atoms with Crippen molar-refractivity contribution in [3.8, 4) is 0 Å². The number of aliphatic hydroxyl groups is 4. The number of hydrogen-bond donors (Lipinski definition) is 4. The van der Waals surface area contributed by atoms with Gasteiger partial charge in [-0.3, -0.25) is 9.59 Å². The minimum atomic E-state index is -1.91. The Kier molecular flexibility index (Phi) is 4.66. The lowest BCUT2D eigenvalue weighted by Crippen LogP contribution is -2.78. The quantitative estimate of drug-likeness (QED) is 0.392. The molecule has 4 N–H and O–H groups in total. The van der Waals surface area contributed by atoms with E-state index in [0.29, 0.717) is 19.3 Å². The van der Waals surface area contributed by atoms with Gasteiger partial charge in [0.1, 0.15) is 22.9 Å². The molecule has 4 rings (SSSR count). The summed E-state index contributed by atoms with van der Waals surface area (Å²) in [5, 5.41) is 45.8. The monoisotopic (exact) mass is 422 g/mol. The second-order valence-corrected chi connectivity index (χ2v) is 10.5. The minimum absolute atomic E-state index is 0.00583. The van der Waals surface area contributed by atoms with Crippen molar-refractivity contribution in [2.75, 3.05) is 0 Å². The first-order valence-corrected chi connectivity index (χ1v) is 11.0. The van der Waals surface area contributed by atoms with Gasteiger partial charge in [0, 0.05) is 12.8 Å². The Bertz CT molecular complexity index is 822. The van der Waals surface area contributed by atoms with Crippen molar-refractivity contribution in [3.63, 3.8) is 0 Å². The molecule has 0 aliphatic heterocycles. The summed E-state index contributed by atoms with van der Waals surface area (Å²) in [6.45, 7) is 6.18. The van der Waals surface area contributed by atoms with Gasteiger partial charge in [0.25, 0.3) is 0 Å². The summed E-state index contributed by atoms with van der Waals surface area (Å²) in [4.78, 5) is 24.6. The van der Waals surface area contributed by atoms with Gasteiger partial charge in [-0.05, 0) is 64.2 Å². The smallest absolute Gasteiger partial charge is 0.302 e. The van der Waals surface area contributed by atoms with Crippen LogP contribution in [0.3, 0.4) is 0 Å². The minimum Gasteiger partial charge on any atom is -0.462 e. The van der Waals surface area contributed by atoms with Crippen molar-refractivity contribution >= 4 is 11.8 Å². The topological polar surface area (TPSA) is 124 Å². The van der Waals surface area contributed by atoms with Gasteiger partial charge in [-0.1, -0.05) is 18.6 Å². The number of fused-ring (bicyclic) bond motifs is 5. The SMILES string of the molecule is CC(=O)O[C@@H]1C[C@@H]2[C@@]3(C)CC[C@H](O)CC3=CC[C@@]2(O)[C@@]2(O)CC[C@@](O)(C(C)=O)[C@@]12C. The van der Waals surface area contributed by atoms with Gasteiger partial charge in [-0.15, -0.1) is 0 Å². The third-order valence-electron chi connectivity index (χ3n) is 9.46. The summed E-state index contributed by atoms with van der Waals surface area (Å²) < 4.78 is 5.67. The molecule has 0 aromatic heterocycles. The molecule has 0 bridgehead atoms. The van der Waals surface area contributed by atoms with Gasteiger partial charge in [-0.2, -0.15) is 0 Å². The second kappa shape index (κ2) is 6.37. The number of esters is 1. The Balaban J connectivity index is 1.91. The van der Waals surface area contributed by atoms with Crippen LogP contribution >= 0.6 is 0 Å². The van der Waals surface area contributed by atoms with E-state index in [4.69, 9.17) is 4.74 Å². The van der Waals surface area contributed by atoms with Crippen molar-refractivity contribution in [3.05, 3.63) is 11.6 Å². The molecule has 3 saturated carbocycles. The van der Waals surface area contributed by atoms with E-state index < -0.39 is 57.5 Å². The van der Waals surface area contributed by atoms with E-state index in [1.54, 1.807) is 6.92 Å². The van der Waals surface area contributed by atoms with E-state index in [2.05, 4.69) is 0 Å². The third kappa shape index (κ3) is 2.35. The van der Waals surface area contributed by atoms with E-state index in [-0.39, 0.29) is 25.7 Å². The number of rotatable bonds is 2. The predicted molar refractivity (Wildman–Crippen MR) is 107 cm³/mol. The van der Waals surface area contributed by atoms with Crippen LogP contribution in [0.2, 0.25) is 0 Å². The van der Waals surface area contributed by atoms with Crippen molar-refractivity contribution in [2.24, 2.45) is 16.7 Å². The molecular formula is C23H34O7. The van der Waals surface area contributed by atoms with Gasteiger partial charge in [0.15, 0.2) is 5.78 Å². The molecule has 4 aliphatic rings. The summed E-state index contributed by atoms with van der Waals surface area (Å²) in [6, 6.07) is 0. The fourth-order valence-corrected chi connectivity index (χ4v) is 7.57. The van der Waals surface area contributed by atoms with Crippen LogP contribution in [-0.4, -0.2) is 61.2 Å². The zero-order valence-corrected chi connectivity index (χ0v) is 18.3. The molecule has 0 amide bonds. The van der Waals surface area contributed by atoms with Crippen molar-refractivity contribution < 1.29 is 34.8 Å². The molecule has 7 heteroatoms. The van der Waals surface area contributed by atoms with Crippen molar-refractivity contribution in [2.45, 2.75) is 102 Å². The Morgan fingerprint density at radius 2 is 1.77 bits per heavy atom. The molecule has 0 radical (unpaired) electrons. The first-order valence-electron chi connectivity index (χ1n) is 11.0. The molecule has 30 heavy (non-hydrogen) atoms. The first kappa shape index (κ1) is 21.9. The zero-order valence-electron chi connectivity index (χ0n) is 18.3. The van der Waals surface area contributed by atoms with E-state index in [1.165, 1.54) is 13.8 Å². The second-order valence-electron chi connectivity index (χ2n) is 10.5. The average molecular weight is 423 g/mol. The number of Topliss-reactive ketones (excluding diaryl/α,β-unsaturated/α-hetero) is 1. The maximum atomic E-state index is 12.6. The largest absolute Gasteiger partial charge is 0.462 e. The molecule has 7 nitrogen and oxygen atoms in total. The highest BCUT2D eigenvalue weighted by Gasteiger charge is 2.81. The highest BCUT2D eigenvalue weighted by molar-refractivity contribution is 5.87. The van der Waals surface area contributed by atoms with Crippen molar-refractivity contribution in [1.29, 1.82) is 0 Å². The van der Waals surface area contributed by atoms with Crippen LogP contribution in [0.5, 0.6) is 0 Å². The lowest BCUT2D eigenvalue weighted by Gasteiger charge is -2.67. The van der Waals surface area contributed by atoms with Crippen LogP contribution in [0.15, 0.2) is 11.6 Å². The normalized spacial score (nSPS) is 52.5. The number of carbonyl (C=O) groups is 2. The summed E-state index contributed by atoms with van der Waals surface area (Å²) >= 11 is 0. The Labute approximate surface area is 177 Å². The fourth-order valence-electron chi connectivity index (χ4n) is 7.57. The lowest BCUT2D eigenvalue weighted by molar-refractivity contribution is -0.314.